The molecule has 1 aromatic rings. The first kappa shape index (κ1) is 47.3. The second-order valence-electron chi connectivity index (χ2n) is 5.51. The Morgan fingerprint density at radius 1 is 0.903 bits per heavy atom. The topological polar surface area (TPSA) is 9.72 Å². The van der Waals surface area contributed by atoms with Gasteiger partial charge in [-0.05, 0) is 26.3 Å². The van der Waals surface area contributed by atoms with Gasteiger partial charge in [0.2, 0.25) is 0 Å². The SMILES string of the molecule is CCN(CN(Cc1cc(C)cc(C)c1N([C-]=S)C(=S)[S-])C(=S)[S-])C(=S)[S-].[K+].[K+].[K+].[K+].[SH3+]. The van der Waals surface area contributed by atoms with E-state index in [-0.39, 0.29) is 223 Å². The van der Waals surface area contributed by atoms with Crippen molar-refractivity contribution in [3.8, 4) is 0 Å². The predicted octanol–water partition coefficient (Wildman–Crippen LogP) is -9.27. The Kier molecular flexibility index (Phi) is 38.9. The number of hydrogen-bond donors (Lipinski definition) is 0. The van der Waals surface area contributed by atoms with Crippen LogP contribution in [0.15, 0.2) is 12.1 Å². The van der Waals surface area contributed by atoms with Gasteiger partial charge in [0.05, 0.1) is 6.67 Å². The van der Waals surface area contributed by atoms with Crippen LogP contribution in [0.2, 0.25) is 0 Å². The largest absolute Gasteiger partial charge is 1.00 e. The molecule has 0 spiro atoms. The fourth-order valence-electron chi connectivity index (χ4n) is 2.53. The molecule has 0 aliphatic carbocycles. The van der Waals surface area contributed by atoms with Crippen molar-refractivity contribution in [2.75, 3.05) is 18.1 Å². The molecular weight excluding hydrogens is 647 g/mol. The summed E-state index contributed by atoms with van der Waals surface area (Å²) in [6.07, 6.45) is 0. The van der Waals surface area contributed by atoms with Crippen LogP contribution in [-0.2, 0) is 57.9 Å². The average molecular weight is 667 g/mol. The molecule has 0 saturated heterocycles. The van der Waals surface area contributed by atoms with Crippen LogP contribution in [0.1, 0.15) is 23.6 Å². The summed E-state index contributed by atoms with van der Waals surface area (Å²) in [5.74, 6) is 0. The molecule has 0 amide bonds. The van der Waals surface area contributed by atoms with Gasteiger partial charge in [-0.25, -0.2) is 0 Å². The van der Waals surface area contributed by atoms with Crippen LogP contribution < -0.4 is 210 Å². The van der Waals surface area contributed by atoms with Crippen molar-refractivity contribution in [2.24, 2.45) is 0 Å². The van der Waals surface area contributed by atoms with E-state index in [2.05, 4.69) is 5.49 Å². The van der Waals surface area contributed by atoms with Crippen molar-refractivity contribution in [3.05, 3.63) is 28.8 Å². The van der Waals surface area contributed by atoms with Gasteiger partial charge in [0.15, 0.2) is 0 Å². The van der Waals surface area contributed by atoms with Crippen LogP contribution in [0.4, 0.5) is 5.69 Å². The van der Waals surface area contributed by atoms with E-state index in [1.54, 1.807) is 0 Å². The second-order valence-corrected chi connectivity index (χ2v) is 8.79. The molecule has 0 aliphatic heterocycles. The summed E-state index contributed by atoms with van der Waals surface area (Å²) in [4.78, 5) is 5.24. The molecule has 0 bridgehead atoms. The Balaban J connectivity index is -0.000000451. The van der Waals surface area contributed by atoms with Crippen LogP contribution in [0.3, 0.4) is 0 Å². The fraction of sp³-hybridized carbons (Fsp3) is 0.375. The molecule has 0 atom stereocenters. The van der Waals surface area contributed by atoms with E-state index in [1.165, 1.54) is 4.90 Å². The first-order valence-corrected chi connectivity index (χ1v) is 10.4. The normalized spacial score (nSPS) is 8.48. The first-order chi connectivity index (χ1) is 12.1. The third-order valence-electron chi connectivity index (χ3n) is 3.62. The number of aryl methyl sites for hydroxylation is 2. The zero-order valence-electron chi connectivity index (χ0n) is 19.1. The maximum atomic E-state index is 5.26. The summed E-state index contributed by atoms with van der Waals surface area (Å²) in [6.45, 7) is 7.53. The zero-order valence-corrected chi connectivity index (χ0v) is 38.4. The molecule has 0 fully saturated rings. The molecule has 3 nitrogen and oxygen atoms in total. The molecule has 0 saturated carbocycles. The average Bonchev–Trinajstić information content (AvgIpc) is 2.53. The van der Waals surface area contributed by atoms with Crippen LogP contribution in [0.25, 0.3) is 0 Å². The summed E-state index contributed by atoms with van der Waals surface area (Å²) in [6, 6.07) is 4.08. The Hall–Kier alpha value is 6.54. The second kappa shape index (κ2) is 25.5. The van der Waals surface area contributed by atoms with E-state index in [0.717, 1.165) is 22.4 Å². The third-order valence-corrected chi connectivity index (χ3v) is 5.20. The number of hydrogen-bond acceptors (Lipinski definition) is 7. The van der Waals surface area contributed by atoms with Gasteiger partial charge in [-0.15, -0.1) is 0 Å². The molecule has 1 aromatic carbocycles. The van der Waals surface area contributed by atoms with Gasteiger partial charge in [-0.1, -0.05) is 56.6 Å². The van der Waals surface area contributed by atoms with E-state index < -0.39 is 0 Å². The van der Waals surface area contributed by atoms with E-state index >= 15 is 0 Å². The maximum absolute atomic E-state index is 5.26. The summed E-state index contributed by atoms with van der Waals surface area (Å²) in [7, 11) is 0. The van der Waals surface area contributed by atoms with Gasteiger partial charge in [0.1, 0.15) is 0 Å². The maximum Gasteiger partial charge on any atom is 1.00 e. The van der Waals surface area contributed by atoms with Crippen molar-refractivity contribution >= 4 is 124 Å². The quantitative estimate of drug-likeness (QED) is 0.0526. The summed E-state index contributed by atoms with van der Waals surface area (Å²) >= 11 is 36.1. The van der Waals surface area contributed by atoms with E-state index in [9.17, 15) is 0 Å². The predicted molar refractivity (Wildman–Crippen MR) is 145 cm³/mol. The van der Waals surface area contributed by atoms with Gasteiger partial charge < -0.3 is 89.2 Å². The van der Waals surface area contributed by atoms with Crippen molar-refractivity contribution in [1.29, 1.82) is 0 Å². The smallest absolute Gasteiger partial charge is 0.491 e. The minimum Gasteiger partial charge on any atom is -0.491 e. The molecular formula is C16H20K4N3S8+. The van der Waals surface area contributed by atoms with Crippen LogP contribution in [0, 0.1) is 13.8 Å². The summed E-state index contributed by atoms with van der Waals surface area (Å²) < 4.78 is 0.922. The number of anilines is 1. The van der Waals surface area contributed by atoms with Crippen molar-refractivity contribution in [1.82, 2.24) is 9.80 Å². The summed E-state index contributed by atoms with van der Waals surface area (Å²) in [5.41, 5.74) is 6.49. The fourth-order valence-corrected chi connectivity index (χ4v) is 3.72. The van der Waals surface area contributed by atoms with Gasteiger partial charge in [-0.2, -0.15) is 16.5 Å². The van der Waals surface area contributed by atoms with Crippen molar-refractivity contribution < 1.29 is 206 Å². The van der Waals surface area contributed by atoms with Gasteiger partial charge in [0, 0.05) is 13.1 Å². The Bertz CT molecular complexity index is 739. The van der Waals surface area contributed by atoms with E-state index in [1.807, 2.05) is 42.7 Å². The van der Waals surface area contributed by atoms with Gasteiger partial charge in [0.25, 0.3) is 0 Å². The molecule has 0 aliphatic rings. The Morgan fingerprint density at radius 3 is 1.74 bits per heavy atom. The molecule has 150 valence electrons. The zero-order chi connectivity index (χ0) is 20.0. The number of nitrogens with zero attached hydrogens (tertiary/aromatic N) is 3. The molecule has 0 radical (unpaired) electrons. The molecule has 31 heavy (non-hydrogen) atoms. The minimum absolute atomic E-state index is 0. The first-order valence-electron chi connectivity index (χ1n) is 7.53. The summed E-state index contributed by atoms with van der Waals surface area (Å²) in [5, 5.41) is 0. The number of rotatable bonds is 7. The molecule has 0 N–H and O–H groups in total. The Morgan fingerprint density at radius 2 is 1.39 bits per heavy atom. The number of thiocarbonyl (C=S) groups is 4. The van der Waals surface area contributed by atoms with Gasteiger partial charge in [-0.3, -0.25) is 0 Å². The van der Waals surface area contributed by atoms with Crippen LogP contribution in [0.5, 0.6) is 0 Å². The molecule has 0 aromatic heterocycles. The molecule has 15 heteroatoms. The van der Waals surface area contributed by atoms with E-state index in [0.29, 0.717) is 28.4 Å². The van der Waals surface area contributed by atoms with Crippen LogP contribution >= 0.6 is 48.9 Å². The van der Waals surface area contributed by atoms with E-state index in [4.69, 9.17) is 86.8 Å². The molecule has 0 heterocycles. The monoisotopic (exact) mass is 666 g/mol. The van der Waals surface area contributed by atoms with Crippen molar-refractivity contribution in [3.63, 3.8) is 0 Å². The molecule has 0 unspecified atom stereocenters. The number of benzene rings is 1. The van der Waals surface area contributed by atoms with Gasteiger partial charge >= 0.3 is 206 Å². The van der Waals surface area contributed by atoms with Crippen LogP contribution in [-0.4, -0.2) is 41.5 Å². The standard InChI is InChI=1S/C16H20N3S7.4K.H2S/c1-4-17(14(21)22)8-18(15(23)24)7-12-6-10(2)5-11(3)13(12)19(9-20)16(25)26;;;;;/h5-6H,4,7-8H2,1-3H3,(H,21,22)(H,23,24)(H,25,26);;;;;1H2/q-1;4*+1;/p-2. The minimum atomic E-state index is 0. The third kappa shape index (κ3) is 17.1. The molecule has 1 rings (SSSR count). The Labute approximate surface area is 402 Å². The van der Waals surface area contributed by atoms with Crippen molar-refractivity contribution in [2.45, 2.75) is 27.3 Å².